The highest BCUT2D eigenvalue weighted by Gasteiger charge is 2.25. The molecule has 162 valence electrons. The Morgan fingerprint density at radius 3 is 2.73 bits per heavy atom. The number of carboxylic acid groups (broad SMARTS) is 1. The lowest BCUT2D eigenvalue weighted by Gasteiger charge is -2.30. The molecule has 1 amide bonds. The van der Waals surface area contributed by atoms with E-state index in [0.29, 0.717) is 43.2 Å². The molecule has 1 aromatic heterocycles. The molecule has 1 saturated heterocycles. The largest absolute Gasteiger partial charge is 0.491 e. The second-order valence-corrected chi connectivity index (χ2v) is 6.62. The first-order chi connectivity index (χ1) is 14.5. The van der Waals surface area contributed by atoms with E-state index in [2.05, 4.69) is 10.3 Å². The molecule has 1 aliphatic heterocycles. The van der Waals surface area contributed by atoms with Crippen LogP contribution in [-0.2, 0) is 0 Å². The van der Waals surface area contributed by atoms with Gasteiger partial charge in [0.15, 0.2) is 11.6 Å². The fraction of sp³-hybridized carbons (Fsp3) is 0.400. The van der Waals surface area contributed by atoms with Crippen LogP contribution in [0.4, 0.5) is 20.7 Å². The zero-order chi connectivity index (χ0) is 21.5. The van der Waals surface area contributed by atoms with Gasteiger partial charge in [-0.1, -0.05) is 0 Å². The van der Waals surface area contributed by atoms with Gasteiger partial charge in [-0.3, -0.25) is 0 Å². The van der Waals surface area contributed by atoms with Gasteiger partial charge in [0.25, 0.3) is 0 Å². The third kappa shape index (κ3) is 5.20. The predicted octanol–water partition coefficient (Wildman–Crippen LogP) is 2.87. The molecule has 0 aliphatic carbocycles. The third-order valence-corrected chi connectivity index (χ3v) is 4.63. The first-order valence-corrected chi connectivity index (χ1v) is 9.49. The van der Waals surface area contributed by atoms with Crippen LogP contribution in [0, 0.1) is 5.82 Å². The summed E-state index contributed by atoms with van der Waals surface area (Å²) in [5.74, 6) is 0.782. The van der Waals surface area contributed by atoms with E-state index in [1.807, 2.05) is 0 Å². The number of likely N-dealkylation sites (tertiary alicyclic amines) is 1. The molecule has 2 heterocycles. The number of piperidine rings is 1. The summed E-state index contributed by atoms with van der Waals surface area (Å²) in [5.41, 5.74) is 0.170. The van der Waals surface area contributed by atoms with Crippen molar-refractivity contribution in [2.24, 2.45) is 0 Å². The van der Waals surface area contributed by atoms with Crippen molar-refractivity contribution in [3.8, 4) is 17.2 Å². The number of pyridine rings is 1. The molecule has 1 aliphatic rings. The van der Waals surface area contributed by atoms with Gasteiger partial charge in [0, 0.05) is 44.3 Å². The number of amides is 1. The first-order valence-electron chi connectivity index (χ1n) is 9.49. The second-order valence-electron chi connectivity index (χ2n) is 6.62. The van der Waals surface area contributed by atoms with E-state index in [4.69, 9.17) is 24.4 Å². The van der Waals surface area contributed by atoms with Crippen molar-refractivity contribution in [3.05, 3.63) is 36.3 Å². The Hall–Kier alpha value is -3.27. The molecule has 30 heavy (non-hydrogen) atoms. The fourth-order valence-corrected chi connectivity index (χ4v) is 3.13. The first kappa shape index (κ1) is 21.4. The van der Waals surface area contributed by atoms with Crippen LogP contribution in [0.5, 0.6) is 17.2 Å². The van der Waals surface area contributed by atoms with Gasteiger partial charge in [-0.2, -0.15) is 0 Å². The fourth-order valence-electron chi connectivity index (χ4n) is 3.13. The number of ether oxygens (including phenoxy) is 3. The molecule has 0 radical (unpaired) electrons. The maximum atomic E-state index is 14.4. The van der Waals surface area contributed by atoms with Crippen LogP contribution in [-0.4, -0.2) is 65.7 Å². The van der Waals surface area contributed by atoms with Gasteiger partial charge in [-0.25, -0.2) is 14.2 Å². The summed E-state index contributed by atoms with van der Waals surface area (Å²) >= 11 is 0. The smallest absolute Gasteiger partial charge is 0.407 e. The number of nitrogens with one attached hydrogen (secondary N) is 1. The number of halogens is 1. The van der Waals surface area contributed by atoms with Crippen LogP contribution in [0.2, 0.25) is 0 Å². The zero-order valence-corrected chi connectivity index (χ0v) is 16.5. The molecule has 0 unspecified atom stereocenters. The SMILES string of the molecule is COc1c(OC2CCN(C(=O)O)CC2)ccnc1Nc1ccc(OCCO)cc1F. The zero-order valence-electron chi connectivity index (χ0n) is 16.5. The molecule has 9 nitrogen and oxygen atoms in total. The number of nitrogens with zero attached hydrogens (tertiary/aromatic N) is 2. The lowest BCUT2D eigenvalue weighted by molar-refractivity contribution is 0.0878. The molecular weight excluding hydrogens is 397 g/mol. The standard InChI is InChI=1S/C20H24FN3O6/c1-28-18-17(30-13-5-8-24(9-6-13)20(26)27)4-7-22-19(18)23-16-3-2-14(12-15(16)21)29-11-10-25/h2-4,7,12-13,25H,5-6,8-11H2,1H3,(H,22,23)(H,26,27). The number of benzene rings is 1. The molecule has 0 spiro atoms. The minimum absolute atomic E-state index is 0.0758. The molecule has 3 rings (SSSR count). The van der Waals surface area contributed by atoms with Gasteiger partial charge in [-0.05, 0) is 12.1 Å². The van der Waals surface area contributed by atoms with Crippen molar-refractivity contribution in [1.29, 1.82) is 0 Å². The van der Waals surface area contributed by atoms with Crippen LogP contribution in [0.3, 0.4) is 0 Å². The molecule has 3 N–H and O–H groups in total. The Balaban J connectivity index is 1.72. The minimum atomic E-state index is -0.934. The number of hydrogen-bond acceptors (Lipinski definition) is 7. The Kier molecular flexibility index (Phi) is 7.12. The Morgan fingerprint density at radius 2 is 2.10 bits per heavy atom. The molecule has 0 saturated carbocycles. The van der Waals surface area contributed by atoms with Gasteiger partial charge in [0.05, 0.1) is 19.4 Å². The normalized spacial score (nSPS) is 14.3. The van der Waals surface area contributed by atoms with Crippen molar-refractivity contribution in [2.75, 3.05) is 38.7 Å². The van der Waals surface area contributed by atoms with Gasteiger partial charge in [0.2, 0.25) is 5.75 Å². The van der Waals surface area contributed by atoms with Crippen molar-refractivity contribution in [1.82, 2.24) is 9.88 Å². The number of carbonyl (C=O) groups is 1. The predicted molar refractivity (Wildman–Crippen MR) is 106 cm³/mol. The number of hydrogen-bond donors (Lipinski definition) is 3. The molecule has 10 heteroatoms. The van der Waals surface area contributed by atoms with E-state index >= 15 is 0 Å². The van der Waals surface area contributed by atoms with Crippen LogP contribution in [0.1, 0.15) is 12.8 Å². The van der Waals surface area contributed by atoms with Gasteiger partial charge in [-0.15, -0.1) is 0 Å². The highest BCUT2D eigenvalue weighted by atomic mass is 19.1. The lowest BCUT2D eigenvalue weighted by atomic mass is 10.1. The quantitative estimate of drug-likeness (QED) is 0.596. The Bertz CT molecular complexity index is 874. The monoisotopic (exact) mass is 421 g/mol. The van der Waals surface area contributed by atoms with Crippen molar-refractivity contribution in [2.45, 2.75) is 18.9 Å². The number of anilines is 2. The van der Waals surface area contributed by atoms with Crippen molar-refractivity contribution in [3.63, 3.8) is 0 Å². The van der Waals surface area contributed by atoms with E-state index in [9.17, 15) is 9.18 Å². The maximum Gasteiger partial charge on any atom is 0.407 e. The van der Waals surface area contributed by atoms with E-state index in [0.717, 1.165) is 0 Å². The van der Waals surface area contributed by atoms with E-state index in [1.54, 1.807) is 12.1 Å². The molecule has 0 atom stereocenters. The number of aromatic nitrogens is 1. The van der Waals surface area contributed by atoms with Crippen LogP contribution < -0.4 is 19.5 Å². The lowest BCUT2D eigenvalue weighted by Crippen LogP contribution is -2.41. The summed E-state index contributed by atoms with van der Waals surface area (Å²) in [6.07, 6.45) is 1.54. The van der Waals surface area contributed by atoms with Crippen LogP contribution in [0.25, 0.3) is 0 Å². The highest BCUT2D eigenvalue weighted by Crippen LogP contribution is 2.37. The molecule has 0 bridgehead atoms. The van der Waals surface area contributed by atoms with Gasteiger partial charge in [0.1, 0.15) is 24.3 Å². The number of aliphatic hydroxyl groups is 1. The Labute approximate surface area is 173 Å². The summed E-state index contributed by atoms with van der Waals surface area (Å²) < 4.78 is 31.1. The van der Waals surface area contributed by atoms with E-state index in [-0.39, 0.29) is 30.8 Å². The average molecular weight is 421 g/mol. The van der Waals surface area contributed by atoms with Crippen LogP contribution >= 0.6 is 0 Å². The summed E-state index contributed by atoms with van der Waals surface area (Å²) in [7, 11) is 1.46. The third-order valence-electron chi connectivity index (χ3n) is 4.63. The van der Waals surface area contributed by atoms with Crippen molar-refractivity contribution < 1.29 is 33.6 Å². The average Bonchev–Trinajstić information content (AvgIpc) is 2.74. The molecule has 2 aromatic rings. The molecular formula is C20H24FN3O6. The number of aliphatic hydroxyl groups excluding tert-OH is 1. The highest BCUT2D eigenvalue weighted by molar-refractivity contribution is 5.67. The Morgan fingerprint density at radius 1 is 1.33 bits per heavy atom. The maximum absolute atomic E-state index is 14.4. The molecule has 1 fully saturated rings. The minimum Gasteiger partial charge on any atom is -0.491 e. The van der Waals surface area contributed by atoms with E-state index < -0.39 is 11.9 Å². The van der Waals surface area contributed by atoms with Gasteiger partial charge >= 0.3 is 6.09 Å². The summed E-state index contributed by atoms with van der Waals surface area (Å²) in [6, 6.07) is 5.93. The summed E-state index contributed by atoms with van der Waals surface area (Å²) in [6.45, 7) is 0.708. The summed E-state index contributed by atoms with van der Waals surface area (Å²) in [4.78, 5) is 16.6. The van der Waals surface area contributed by atoms with Gasteiger partial charge < -0.3 is 34.6 Å². The van der Waals surface area contributed by atoms with E-state index in [1.165, 1.54) is 30.3 Å². The molecule has 1 aromatic carbocycles. The van der Waals surface area contributed by atoms with Crippen molar-refractivity contribution >= 4 is 17.6 Å². The second kappa shape index (κ2) is 9.97. The number of methoxy groups -OCH3 is 1. The van der Waals surface area contributed by atoms with Crippen LogP contribution in [0.15, 0.2) is 30.5 Å². The number of rotatable bonds is 8. The topological polar surface area (TPSA) is 113 Å². The summed E-state index contributed by atoms with van der Waals surface area (Å²) in [5, 5.41) is 20.7.